The zero-order chi connectivity index (χ0) is 17.4. The summed E-state index contributed by atoms with van der Waals surface area (Å²) in [6, 6.07) is 5.04. The number of nitrogens with one attached hydrogen (secondary N) is 2. The van der Waals surface area contributed by atoms with E-state index in [4.69, 9.17) is 4.74 Å². The fraction of sp³-hybridized carbons (Fsp3) is 0.588. The predicted molar refractivity (Wildman–Crippen MR) is 96.7 cm³/mol. The van der Waals surface area contributed by atoms with Crippen LogP contribution in [0.2, 0.25) is 0 Å². The number of hydrogen-bond acceptors (Lipinski definition) is 3. The van der Waals surface area contributed by atoms with Crippen LogP contribution in [0.25, 0.3) is 0 Å². The highest BCUT2D eigenvalue weighted by atomic mass is 79.9. The average molecular weight is 402 g/mol. The molecule has 1 atom stereocenters. The Kier molecular flexibility index (Phi) is 7.45. The molecule has 1 aliphatic rings. The maximum absolute atomic E-state index is 13.2. The summed E-state index contributed by atoms with van der Waals surface area (Å²) in [6.45, 7) is 2.99. The van der Waals surface area contributed by atoms with Gasteiger partial charge in [-0.3, -0.25) is 4.99 Å². The fourth-order valence-electron chi connectivity index (χ4n) is 2.82. The highest BCUT2D eigenvalue weighted by Crippen LogP contribution is 2.31. The van der Waals surface area contributed by atoms with Crippen molar-refractivity contribution in [2.24, 2.45) is 10.4 Å². The Hall–Kier alpha value is -1.18. The summed E-state index contributed by atoms with van der Waals surface area (Å²) >= 11 is 3.20. The van der Waals surface area contributed by atoms with Gasteiger partial charge in [-0.1, -0.05) is 6.07 Å². The van der Waals surface area contributed by atoms with Gasteiger partial charge < -0.3 is 20.5 Å². The summed E-state index contributed by atoms with van der Waals surface area (Å²) in [6.07, 6.45) is 2.44. The first-order chi connectivity index (χ1) is 11.6. The number of hydrogen-bond donors (Lipinski definition) is 3. The monoisotopic (exact) mass is 401 g/mol. The average Bonchev–Trinajstić information content (AvgIpc) is 3.03. The van der Waals surface area contributed by atoms with Gasteiger partial charge in [0.15, 0.2) is 5.96 Å². The van der Waals surface area contributed by atoms with Crippen LogP contribution in [0, 0.1) is 11.2 Å². The van der Waals surface area contributed by atoms with E-state index in [0.717, 1.165) is 43.9 Å². The number of aliphatic hydroxyl groups is 1. The Balaban J connectivity index is 1.78. The SMILES string of the molecule is CN=C(NCCc1ccc(F)c(Br)c1)NCC1(CCO)CCOC1. The number of nitrogens with zero attached hydrogens (tertiary/aromatic N) is 1. The Morgan fingerprint density at radius 2 is 2.29 bits per heavy atom. The first-order valence-electron chi connectivity index (χ1n) is 8.16. The lowest BCUT2D eigenvalue weighted by Crippen LogP contribution is -2.45. The fourth-order valence-corrected chi connectivity index (χ4v) is 3.25. The maximum Gasteiger partial charge on any atom is 0.191 e. The largest absolute Gasteiger partial charge is 0.396 e. The minimum Gasteiger partial charge on any atom is -0.396 e. The van der Waals surface area contributed by atoms with Crippen molar-refractivity contribution in [3.63, 3.8) is 0 Å². The molecule has 1 saturated heterocycles. The first kappa shape index (κ1) is 19.1. The molecular weight excluding hydrogens is 377 g/mol. The number of rotatable bonds is 7. The summed E-state index contributed by atoms with van der Waals surface area (Å²) in [5.74, 6) is 0.470. The molecule has 0 amide bonds. The van der Waals surface area contributed by atoms with Crippen molar-refractivity contribution in [1.29, 1.82) is 0 Å². The number of halogens is 2. The number of ether oxygens (including phenoxy) is 1. The van der Waals surface area contributed by atoms with E-state index in [0.29, 0.717) is 17.6 Å². The molecule has 0 radical (unpaired) electrons. The van der Waals surface area contributed by atoms with Crippen molar-refractivity contribution < 1.29 is 14.2 Å². The van der Waals surface area contributed by atoms with E-state index < -0.39 is 0 Å². The smallest absolute Gasteiger partial charge is 0.191 e. The van der Waals surface area contributed by atoms with Crippen molar-refractivity contribution in [3.8, 4) is 0 Å². The second kappa shape index (κ2) is 9.34. The Morgan fingerprint density at radius 1 is 1.46 bits per heavy atom. The maximum atomic E-state index is 13.2. The third-order valence-corrected chi connectivity index (χ3v) is 4.98. The van der Waals surface area contributed by atoms with Crippen LogP contribution in [0.1, 0.15) is 18.4 Å². The molecule has 134 valence electrons. The molecule has 0 aliphatic carbocycles. The summed E-state index contributed by atoms with van der Waals surface area (Å²) < 4.78 is 19.2. The topological polar surface area (TPSA) is 65.9 Å². The number of benzene rings is 1. The highest BCUT2D eigenvalue weighted by Gasteiger charge is 2.34. The van der Waals surface area contributed by atoms with E-state index in [1.165, 1.54) is 6.07 Å². The summed E-state index contributed by atoms with van der Waals surface area (Å²) in [5, 5.41) is 15.8. The van der Waals surface area contributed by atoms with Gasteiger partial charge in [0.1, 0.15) is 5.82 Å². The van der Waals surface area contributed by atoms with Gasteiger partial charge in [0.25, 0.3) is 0 Å². The molecule has 24 heavy (non-hydrogen) atoms. The lowest BCUT2D eigenvalue weighted by Gasteiger charge is -2.27. The van der Waals surface area contributed by atoms with Crippen molar-refractivity contribution in [2.45, 2.75) is 19.3 Å². The molecule has 3 N–H and O–H groups in total. The number of guanidine groups is 1. The van der Waals surface area contributed by atoms with Gasteiger partial charge in [-0.25, -0.2) is 4.39 Å². The van der Waals surface area contributed by atoms with Crippen molar-refractivity contribution >= 4 is 21.9 Å². The zero-order valence-corrected chi connectivity index (χ0v) is 15.5. The molecule has 7 heteroatoms. The van der Waals surface area contributed by atoms with E-state index in [2.05, 4.69) is 31.6 Å². The number of aliphatic hydroxyl groups excluding tert-OH is 1. The van der Waals surface area contributed by atoms with Crippen molar-refractivity contribution in [1.82, 2.24) is 10.6 Å². The lowest BCUT2D eigenvalue weighted by molar-refractivity contribution is 0.127. The van der Waals surface area contributed by atoms with E-state index >= 15 is 0 Å². The molecule has 0 bridgehead atoms. The van der Waals surface area contributed by atoms with Crippen LogP contribution in [-0.2, 0) is 11.2 Å². The molecule has 0 aromatic heterocycles. The van der Waals surface area contributed by atoms with Gasteiger partial charge >= 0.3 is 0 Å². The van der Waals surface area contributed by atoms with Gasteiger partial charge in [-0.15, -0.1) is 0 Å². The Morgan fingerprint density at radius 3 is 2.92 bits per heavy atom. The van der Waals surface area contributed by atoms with E-state index in [-0.39, 0.29) is 17.8 Å². The quantitative estimate of drug-likeness (QED) is 0.483. The third-order valence-electron chi connectivity index (χ3n) is 4.37. The molecule has 2 rings (SSSR count). The summed E-state index contributed by atoms with van der Waals surface area (Å²) in [5.41, 5.74) is 1.03. The molecule has 1 aromatic rings. The van der Waals surface area contributed by atoms with Crippen LogP contribution >= 0.6 is 15.9 Å². The third kappa shape index (κ3) is 5.43. The van der Waals surface area contributed by atoms with E-state index in [1.807, 2.05) is 0 Å². The van der Waals surface area contributed by atoms with Crippen molar-refractivity contribution in [2.75, 3.05) is 40.0 Å². The molecule has 1 fully saturated rings. The molecule has 1 aliphatic heterocycles. The van der Waals surface area contributed by atoms with E-state index in [9.17, 15) is 9.50 Å². The highest BCUT2D eigenvalue weighted by molar-refractivity contribution is 9.10. The molecule has 1 aromatic carbocycles. The van der Waals surface area contributed by atoms with Gasteiger partial charge in [0.05, 0.1) is 11.1 Å². The van der Waals surface area contributed by atoms with Gasteiger partial charge in [0, 0.05) is 38.8 Å². The van der Waals surface area contributed by atoms with Crippen molar-refractivity contribution in [3.05, 3.63) is 34.1 Å². The van der Waals surface area contributed by atoms with Crippen LogP contribution < -0.4 is 10.6 Å². The second-order valence-corrected chi connectivity index (χ2v) is 6.98. The standard InChI is InChI=1S/C17H25BrFN3O2/c1-20-16(22-11-17(5-8-23)6-9-24-12-17)21-7-4-13-2-3-15(19)14(18)10-13/h2-3,10,23H,4-9,11-12H2,1H3,(H2,20,21,22). The number of aliphatic imine (C=N–C) groups is 1. The molecule has 0 saturated carbocycles. The Bertz CT molecular complexity index is 563. The minimum absolute atomic E-state index is 0.0197. The van der Waals surface area contributed by atoms with Crippen LogP contribution in [0.15, 0.2) is 27.7 Å². The Labute approximate surface area is 150 Å². The zero-order valence-electron chi connectivity index (χ0n) is 13.9. The molecular formula is C17H25BrFN3O2. The van der Waals surface area contributed by atoms with E-state index in [1.54, 1.807) is 19.2 Å². The van der Waals surface area contributed by atoms with Crippen LogP contribution in [-0.4, -0.2) is 51.0 Å². The van der Waals surface area contributed by atoms with Crippen LogP contribution in [0.4, 0.5) is 4.39 Å². The normalized spacial score (nSPS) is 21.1. The van der Waals surface area contributed by atoms with Gasteiger partial charge in [0.2, 0.25) is 0 Å². The summed E-state index contributed by atoms with van der Waals surface area (Å²) in [7, 11) is 1.73. The minimum atomic E-state index is -0.253. The summed E-state index contributed by atoms with van der Waals surface area (Å²) in [4.78, 5) is 4.22. The molecule has 0 spiro atoms. The molecule has 1 unspecified atom stereocenters. The van der Waals surface area contributed by atoms with Crippen LogP contribution in [0.5, 0.6) is 0 Å². The lowest BCUT2D eigenvalue weighted by atomic mass is 9.84. The molecule has 1 heterocycles. The van der Waals surface area contributed by atoms with Gasteiger partial charge in [-0.05, 0) is 52.9 Å². The van der Waals surface area contributed by atoms with Gasteiger partial charge in [-0.2, -0.15) is 0 Å². The van der Waals surface area contributed by atoms with Crippen LogP contribution in [0.3, 0.4) is 0 Å². The molecule has 5 nitrogen and oxygen atoms in total. The second-order valence-electron chi connectivity index (χ2n) is 6.13. The predicted octanol–water partition coefficient (Wildman–Crippen LogP) is 2.08. The first-order valence-corrected chi connectivity index (χ1v) is 8.95.